The zero-order valence-electron chi connectivity index (χ0n) is 14.4. The van der Waals surface area contributed by atoms with Gasteiger partial charge in [-0.1, -0.05) is 37.2 Å². The summed E-state index contributed by atoms with van der Waals surface area (Å²) in [5, 5.41) is 4.60. The van der Waals surface area contributed by atoms with Crippen molar-refractivity contribution in [1.82, 2.24) is 15.0 Å². The van der Waals surface area contributed by atoms with E-state index in [1.54, 1.807) is 31.3 Å². The molecule has 0 bridgehead atoms. The number of benzene rings is 1. The van der Waals surface area contributed by atoms with Crippen LogP contribution in [0, 0.1) is 0 Å². The molecule has 0 fully saturated rings. The highest BCUT2D eigenvalue weighted by Gasteiger charge is 2.18. The first-order chi connectivity index (χ1) is 12.0. The van der Waals surface area contributed by atoms with Gasteiger partial charge in [-0.2, -0.15) is 4.98 Å². The lowest BCUT2D eigenvalue weighted by atomic mass is 10.1. The molecule has 25 heavy (non-hydrogen) atoms. The molecule has 0 N–H and O–H groups in total. The SMILES string of the molecule is CC(C)c1nc(CCN(C)C(=O)c2cc3ccccc3oc2=O)no1. The third-order valence-electron chi connectivity index (χ3n) is 3.87. The molecule has 2 heterocycles. The van der Waals surface area contributed by atoms with Crippen LogP contribution in [0.2, 0.25) is 0 Å². The van der Waals surface area contributed by atoms with E-state index in [2.05, 4.69) is 10.1 Å². The Balaban J connectivity index is 1.73. The molecule has 130 valence electrons. The highest BCUT2D eigenvalue weighted by atomic mass is 16.5. The molecule has 1 aromatic carbocycles. The quantitative estimate of drug-likeness (QED) is 0.663. The van der Waals surface area contributed by atoms with Gasteiger partial charge in [-0.25, -0.2) is 4.79 Å². The Morgan fingerprint density at radius 3 is 2.76 bits per heavy atom. The lowest BCUT2D eigenvalue weighted by molar-refractivity contribution is 0.0792. The van der Waals surface area contributed by atoms with Crippen LogP contribution in [-0.4, -0.2) is 34.5 Å². The van der Waals surface area contributed by atoms with Crippen molar-refractivity contribution in [3.63, 3.8) is 0 Å². The van der Waals surface area contributed by atoms with Crippen molar-refractivity contribution in [2.45, 2.75) is 26.2 Å². The Bertz CT molecular complexity index is 958. The Hall–Kier alpha value is -2.96. The summed E-state index contributed by atoms with van der Waals surface area (Å²) in [7, 11) is 1.63. The predicted octanol–water partition coefficient (Wildman–Crippen LogP) is 2.61. The highest BCUT2D eigenvalue weighted by Crippen LogP contribution is 2.14. The van der Waals surface area contributed by atoms with Gasteiger partial charge >= 0.3 is 5.63 Å². The minimum Gasteiger partial charge on any atom is -0.422 e. The van der Waals surface area contributed by atoms with E-state index < -0.39 is 11.5 Å². The third kappa shape index (κ3) is 3.60. The van der Waals surface area contributed by atoms with Crippen molar-refractivity contribution in [2.75, 3.05) is 13.6 Å². The molecule has 0 atom stereocenters. The van der Waals surface area contributed by atoms with Gasteiger partial charge in [0.1, 0.15) is 11.1 Å². The van der Waals surface area contributed by atoms with Gasteiger partial charge < -0.3 is 13.8 Å². The smallest absolute Gasteiger partial charge is 0.349 e. The van der Waals surface area contributed by atoms with E-state index in [4.69, 9.17) is 8.94 Å². The maximum absolute atomic E-state index is 12.5. The molecule has 7 nitrogen and oxygen atoms in total. The number of hydrogen-bond donors (Lipinski definition) is 0. The van der Waals surface area contributed by atoms with Crippen LogP contribution in [0.4, 0.5) is 0 Å². The zero-order valence-corrected chi connectivity index (χ0v) is 14.4. The van der Waals surface area contributed by atoms with Crippen molar-refractivity contribution in [3.05, 3.63) is 58.0 Å². The van der Waals surface area contributed by atoms with E-state index >= 15 is 0 Å². The molecular formula is C18H19N3O4. The van der Waals surface area contributed by atoms with E-state index in [0.717, 1.165) is 0 Å². The molecule has 1 amide bonds. The Kier molecular flexibility index (Phi) is 4.65. The lowest BCUT2D eigenvalue weighted by Crippen LogP contribution is -2.32. The van der Waals surface area contributed by atoms with E-state index in [-0.39, 0.29) is 11.5 Å². The van der Waals surface area contributed by atoms with Crippen molar-refractivity contribution in [2.24, 2.45) is 0 Å². The number of amides is 1. The number of carbonyl (C=O) groups is 1. The second kappa shape index (κ2) is 6.88. The summed E-state index contributed by atoms with van der Waals surface area (Å²) in [6, 6.07) is 8.64. The average Bonchev–Trinajstić information content (AvgIpc) is 3.07. The number of likely N-dealkylation sites (N-methyl/N-ethyl adjacent to an activating group) is 1. The largest absolute Gasteiger partial charge is 0.422 e. The van der Waals surface area contributed by atoms with Gasteiger partial charge in [-0.05, 0) is 12.1 Å². The molecule has 2 aromatic heterocycles. The minimum absolute atomic E-state index is 0.0113. The summed E-state index contributed by atoms with van der Waals surface area (Å²) in [5.74, 6) is 0.864. The van der Waals surface area contributed by atoms with Gasteiger partial charge in [-0.3, -0.25) is 4.79 Å². The van der Waals surface area contributed by atoms with Crippen LogP contribution < -0.4 is 5.63 Å². The van der Waals surface area contributed by atoms with Gasteiger partial charge in [0.05, 0.1) is 0 Å². The van der Waals surface area contributed by atoms with Gasteiger partial charge in [0.2, 0.25) is 5.89 Å². The fourth-order valence-corrected chi connectivity index (χ4v) is 2.39. The van der Waals surface area contributed by atoms with Crippen LogP contribution in [0.1, 0.15) is 41.8 Å². The topological polar surface area (TPSA) is 89.4 Å². The van der Waals surface area contributed by atoms with Crippen LogP contribution in [0.5, 0.6) is 0 Å². The van der Waals surface area contributed by atoms with Crippen LogP contribution in [-0.2, 0) is 6.42 Å². The number of para-hydroxylation sites is 1. The molecule has 0 spiro atoms. The number of carbonyl (C=O) groups excluding carboxylic acids is 1. The molecule has 0 unspecified atom stereocenters. The second-order valence-corrected chi connectivity index (χ2v) is 6.17. The highest BCUT2D eigenvalue weighted by molar-refractivity contribution is 5.96. The first-order valence-electron chi connectivity index (χ1n) is 8.06. The zero-order chi connectivity index (χ0) is 18.0. The maximum Gasteiger partial charge on any atom is 0.349 e. The number of fused-ring (bicyclic) bond motifs is 1. The van der Waals surface area contributed by atoms with Gasteiger partial charge in [0.25, 0.3) is 5.91 Å². The fourth-order valence-electron chi connectivity index (χ4n) is 2.39. The Morgan fingerprint density at radius 1 is 1.28 bits per heavy atom. The van der Waals surface area contributed by atoms with Crippen molar-refractivity contribution >= 4 is 16.9 Å². The van der Waals surface area contributed by atoms with Crippen LogP contribution in [0.3, 0.4) is 0 Å². The maximum atomic E-state index is 12.5. The summed E-state index contributed by atoms with van der Waals surface area (Å²) < 4.78 is 10.4. The molecule has 0 aliphatic heterocycles. The summed E-state index contributed by atoms with van der Waals surface area (Å²) in [4.78, 5) is 30.4. The van der Waals surface area contributed by atoms with Gasteiger partial charge in [-0.15, -0.1) is 0 Å². The summed E-state index contributed by atoms with van der Waals surface area (Å²) in [5.41, 5.74) is -0.172. The van der Waals surface area contributed by atoms with E-state index in [9.17, 15) is 9.59 Å². The van der Waals surface area contributed by atoms with Gasteiger partial charge in [0.15, 0.2) is 5.82 Å². The number of nitrogens with zero attached hydrogens (tertiary/aromatic N) is 3. The number of aromatic nitrogens is 2. The standard InChI is InChI=1S/C18H19N3O4/c1-11(2)16-19-15(20-25-16)8-9-21(3)17(22)13-10-12-6-4-5-7-14(12)24-18(13)23/h4-7,10-11H,8-9H2,1-3H3. The van der Waals surface area contributed by atoms with Crippen LogP contribution in [0.25, 0.3) is 11.0 Å². The summed E-state index contributed by atoms with van der Waals surface area (Å²) in [6.45, 7) is 4.29. The molecule has 7 heteroatoms. The van der Waals surface area contributed by atoms with Crippen molar-refractivity contribution in [1.29, 1.82) is 0 Å². The van der Waals surface area contributed by atoms with E-state index in [1.807, 2.05) is 19.9 Å². The second-order valence-electron chi connectivity index (χ2n) is 6.17. The molecule has 0 aliphatic rings. The first-order valence-corrected chi connectivity index (χ1v) is 8.06. The molecular weight excluding hydrogens is 322 g/mol. The Morgan fingerprint density at radius 2 is 2.04 bits per heavy atom. The Labute approximate surface area is 144 Å². The molecule has 3 aromatic rings. The minimum atomic E-state index is -0.641. The normalized spacial score (nSPS) is 11.2. The molecule has 3 rings (SSSR count). The molecule has 0 saturated heterocycles. The monoisotopic (exact) mass is 341 g/mol. The lowest BCUT2D eigenvalue weighted by Gasteiger charge is -2.15. The van der Waals surface area contributed by atoms with Crippen LogP contribution in [0.15, 0.2) is 44.1 Å². The molecule has 0 aliphatic carbocycles. The average molecular weight is 341 g/mol. The van der Waals surface area contributed by atoms with Crippen LogP contribution >= 0.6 is 0 Å². The van der Waals surface area contributed by atoms with Crippen molar-refractivity contribution in [3.8, 4) is 0 Å². The first kappa shape index (κ1) is 16.9. The number of rotatable bonds is 5. The van der Waals surface area contributed by atoms with Crippen molar-refractivity contribution < 1.29 is 13.7 Å². The van der Waals surface area contributed by atoms with E-state index in [0.29, 0.717) is 35.6 Å². The van der Waals surface area contributed by atoms with Gasteiger partial charge in [0, 0.05) is 31.3 Å². The molecule has 0 saturated carbocycles. The summed E-state index contributed by atoms with van der Waals surface area (Å²) in [6.07, 6.45) is 0.442. The predicted molar refractivity (Wildman–Crippen MR) is 91.5 cm³/mol. The fraction of sp³-hybridized carbons (Fsp3) is 0.333. The number of hydrogen-bond acceptors (Lipinski definition) is 6. The molecule has 0 radical (unpaired) electrons. The third-order valence-corrected chi connectivity index (χ3v) is 3.87. The summed E-state index contributed by atoms with van der Waals surface area (Å²) >= 11 is 0. The van der Waals surface area contributed by atoms with E-state index in [1.165, 1.54) is 4.90 Å².